The van der Waals surface area contributed by atoms with E-state index >= 15 is 0 Å². The summed E-state index contributed by atoms with van der Waals surface area (Å²) in [4.78, 5) is 14.4. The number of hydrogen-bond donors (Lipinski definition) is 0. The zero-order valence-corrected chi connectivity index (χ0v) is 15.9. The summed E-state index contributed by atoms with van der Waals surface area (Å²) in [6, 6.07) is 7.48. The quantitative estimate of drug-likeness (QED) is 0.737. The van der Waals surface area contributed by atoms with Crippen LogP contribution >= 0.6 is 0 Å². The third kappa shape index (κ3) is 5.44. The number of unbranched alkanes of at least 4 members (excludes halogenated alkanes) is 1. The normalized spacial score (nSPS) is 16.5. The maximum Gasteiger partial charge on any atom is 0.227 e. The second-order valence-electron chi connectivity index (χ2n) is 6.29. The van der Waals surface area contributed by atoms with Gasteiger partial charge in [0.15, 0.2) is 0 Å². The van der Waals surface area contributed by atoms with Crippen LogP contribution in [0.4, 0.5) is 0 Å². The first kappa shape index (κ1) is 19.7. The molecule has 0 atom stereocenters. The molecular formula is C18H28N2O4S. The number of benzene rings is 1. The Morgan fingerprint density at radius 3 is 2.64 bits per heavy atom. The van der Waals surface area contributed by atoms with Gasteiger partial charge in [0.2, 0.25) is 15.9 Å². The first-order chi connectivity index (χ1) is 12.0. The van der Waals surface area contributed by atoms with Crippen LogP contribution in [0.5, 0.6) is 5.75 Å². The van der Waals surface area contributed by atoms with E-state index in [1.54, 1.807) is 16.3 Å². The number of hydrogen-bond acceptors (Lipinski definition) is 4. The number of carbonyl (C=O) groups is 1. The van der Waals surface area contributed by atoms with Gasteiger partial charge in [-0.2, -0.15) is 0 Å². The van der Waals surface area contributed by atoms with Gasteiger partial charge in [-0.25, -0.2) is 12.7 Å². The molecule has 1 fully saturated rings. The first-order valence-electron chi connectivity index (χ1n) is 8.85. The van der Waals surface area contributed by atoms with Crippen LogP contribution < -0.4 is 4.74 Å². The van der Waals surface area contributed by atoms with Crippen LogP contribution in [-0.2, 0) is 21.2 Å². The predicted molar refractivity (Wildman–Crippen MR) is 98.2 cm³/mol. The molecule has 1 aliphatic heterocycles. The summed E-state index contributed by atoms with van der Waals surface area (Å²) < 4.78 is 31.5. The van der Waals surface area contributed by atoms with Crippen LogP contribution in [0, 0.1) is 0 Å². The summed E-state index contributed by atoms with van der Waals surface area (Å²) in [5, 5.41) is 0. The van der Waals surface area contributed by atoms with Crippen LogP contribution in [-0.4, -0.2) is 62.6 Å². The molecule has 1 aromatic carbocycles. The molecule has 1 saturated heterocycles. The fraction of sp³-hybridized carbons (Fsp3) is 0.611. The summed E-state index contributed by atoms with van der Waals surface area (Å²) in [6.45, 7) is 3.89. The van der Waals surface area contributed by atoms with Crippen molar-refractivity contribution in [1.29, 1.82) is 0 Å². The van der Waals surface area contributed by atoms with Crippen molar-refractivity contribution >= 4 is 15.9 Å². The van der Waals surface area contributed by atoms with Gasteiger partial charge in [0, 0.05) is 31.7 Å². The smallest absolute Gasteiger partial charge is 0.227 e. The lowest BCUT2D eigenvalue weighted by Gasteiger charge is -2.22. The molecule has 1 amide bonds. The summed E-state index contributed by atoms with van der Waals surface area (Å²) >= 11 is 0. The average molecular weight is 368 g/mol. The Bertz CT molecular complexity index is 675. The molecule has 6 nitrogen and oxygen atoms in total. The minimum atomic E-state index is -3.21. The predicted octanol–water partition coefficient (Wildman–Crippen LogP) is 1.90. The molecule has 7 heteroatoms. The van der Waals surface area contributed by atoms with Gasteiger partial charge in [0.25, 0.3) is 0 Å². The fourth-order valence-corrected chi connectivity index (χ4v) is 4.68. The van der Waals surface area contributed by atoms with E-state index in [0.717, 1.165) is 12.0 Å². The molecule has 0 aliphatic carbocycles. The van der Waals surface area contributed by atoms with E-state index in [2.05, 4.69) is 0 Å². The van der Waals surface area contributed by atoms with Crippen LogP contribution in [0.1, 0.15) is 31.7 Å². The largest absolute Gasteiger partial charge is 0.496 e. The minimum Gasteiger partial charge on any atom is -0.496 e. The SMILES string of the molecule is CCCCS(=O)(=O)N1CCCN(C(=O)Cc2ccccc2OC)CC1. The number of carbonyl (C=O) groups excluding carboxylic acids is 1. The maximum absolute atomic E-state index is 12.6. The van der Waals surface area contributed by atoms with E-state index in [4.69, 9.17) is 4.74 Å². The molecular weight excluding hydrogens is 340 g/mol. The highest BCUT2D eigenvalue weighted by atomic mass is 32.2. The van der Waals surface area contributed by atoms with E-state index in [1.165, 1.54) is 0 Å². The van der Waals surface area contributed by atoms with Gasteiger partial charge in [0.05, 0.1) is 19.3 Å². The molecule has 0 aromatic heterocycles. The lowest BCUT2D eigenvalue weighted by atomic mass is 10.1. The van der Waals surface area contributed by atoms with Gasteiger partial charge in [-0.05, 0) is 18.9 Å². The third-order valence-electron chi connectivity index (χ3n) is 4.49. The minimum absolute atomic E-state index is 0.0114. The molecule has 0 unspecified atom stereocenters. The third-order valence-corrected chi connectivity index (χ3v) is 6.45. The Kier molecular flexibility index (Phi) is 7.25. The monoisotopic (exact) mass is 368 g/mol. The Morgan fingerprint density at radius 2 is 1.92 bits per heavy atom. The topological polar surface area (TPSA) is 66.9 Å². The van der Waals surface area contributed by atoms with Crippen LogP contribution in [0.25, 0.3) is 0 Å². The first-order valence-corrected chi connectivity index (χ1v) is 10.5. The van der Waals surface area contributed by atoms with Crippen molar-refractivity contribution in [2.75, 3.05) is 39.0 Å². The van der Waals surface area contributed by atoms with Crippen molar-refractivity contribution in [3.8, 4) is 5.75 Å². The van der Waals surface area contributed by atoms with E-state index in [0.29, 0.717) is 44.8 Å². The molecule has 1 heterocycles. The highest BCUT2D eigenvalue weighted by Crippen LogP contribution is 2.19. The van der Waals surface area contributed by atoms with Crippen molar-refractivity contribution in [2.24, 2.45) is 0 Å². The number of nitrogens with zero attached hydrogens (tertiary/aromatic N) is 2. The molecule has 0 bridgehead atoms. The lowest BCUT2D eigenvalue weighted by Crippen LogP contribution is -2.38. The lowest BCUT2D eigenvalue weighted by molar-refractivity contribution is -0.130. The fourth-order valence-electron chi connectivity index (χ4n) is 3.00. The number of rotatable bonds is 7. The van der Waals surface area contributed by atoms with Crippen molar-refractivity contribution in [3.63, 3.8) is 0 Å². The molecule has 2 rings (SSSR count). The number of amides is 1. The molecule has 25 heavy (non-hydrogen) atoms. The highest BCUT2D eigenvalue weighted by molar-refractivity contribution is 7.89. The molecule has 0 radical (unpaired) electrons. The Hall–Kier alpha value is -1.60. The zero-order chi connectivity index (χ0) is 18.3. The Labute approximate surface area is 150 Å². The molecule has 140 valence electrons. The van der Waals surface area contributed by atoms with Crippen molar-refractivity contribution in [1.82, 2.24) is 9.21 Å². The van der Waals surface area contributed by atoms with Gasteiger partial charge >= 0.3 is 0 Å². The summed E-state index contributed by atoms with van der Waals surface area (Å²) in [5.74, 6) is 0.908. The Balaban J connectivity index is 1.97. The maximum atomic E-state index is 12.6. The second-order valence-corrected chi connectivity index (χ2v) is 8.38. The second kappa shape index (κ2) is 9.20. The van der Waals surface area contributed by atoms with Crippen molar-refractivity contribution in [2.45, 2.75) is 32.6 Å². The van der Waals surface area contributed by atoms with Gasteiger partial charge in [-0.1, -0.05) is 31.5 Å². The van der Waals surface area contributed by atoms with Gasteiger partial charge in [-0.15, -0.1) is 0 Å². The summed E-state index contributed by atoms with van der Waals surface area (Å²) in [5.41, 5.74) is 0.853. The van der Waals surface area contributed by atoms with Crippen LogP contribution in [0.3, 0.4) is 0 Å². The molecule has 0 saturated carbocycles. The summed E-state index contributed by atoms with van der Waals surface area (Å²) in [6.07, 6.45) is 2.47. The van der Waals surface area contributed by atoms with E-state index in [1.807, 2.05) is 31.2 Å². The molecule has 0 N–H and O–H groups in total. The van der Waals surface area contributed by atoms with E-state index < -0.39 is 10.0 Å². The molecule has 1 aromatic rings. The van der Waals surface area contributed by atoms with Gasteiger partial charge in [0.1, 0.15) is 5.75 Å². The van der Waals surface area contributed by atoms with Crippen molar-refractivity contribution in [3.05, 3.63) is 29.8 Å². The molecule has 0 spiro atoms. The van der Waals surface area contributed by atoms with Crippen LogP contribution in [0.15, 0.2) is 24.3 Å². The zero-order valence-electron chi connectivity index (χ0n) is 15.1. The number of ether oxygens (including phenoxy) is 1. The average Bonchev–Trinajstić information content (AvgIpc) is 2.87. The number of methoxy groups -OCH3 is 1. The van der Waals surface area contributed by atoms with E-state index in [9.17, 15) is 13.2 Å². The number of sulfonamides is 1. The van der Waals surface area contributed by atoms with E-state index in [-0.39, 0.29) is 18.1 Å². The van der Waals surface area contributed by atoms with Crippen molar-refractivity contribution < 1.29 is 17.9 Å². The molecule has 1 aliphatic rings. The highest BCUT2D eigenvalue weighted by Gasteiger charge is 2.26. The standard InChI is InChI=1S/C18H28N2O4S/c1-3-4-14-25(22,23)20-11-7-10-19(12-13-20)18(21)15-16-8-5-6-9-17(16)24-2/h5-6,8-9H,3-4,7,10-15H2,1-2H3. The van der Waals surface area contributed by atoms with Crippen LogP contribution in [0.2, 0.25) is 0 Å². The number of para-hydroxylation sites is 1. The summed E-state index contributed by atoms with van der Waals surface area (Å²) in [7, 11) is -1.62. The van der Waals surface area contributed by atoms with Gasteiger partial charge < -0.3 is 9.64 Å². The van der Waals surface area contributed by atoms with Gasteiger partial charge in [-0.3, -0.25) is 4.79 Å². The Morgan fingerprint density at radius 1 is 1.16 bits per heavy atom.